The average molecular weight is 441 g/mol. The number of rotatable bonds is 9. The number of allylic oxidation sites excluding steroid dienone is 1. The summed E-state index contributed by atoms with van der Waals surface area (Å²) in [5.74, 6) is -0.349. The SMILES string of the molecule is C=C(C)CCCCC(=O)C[C@@]1(C)OC2C(O)C3OC(CC(=O)OC)CCC3OC2C1O. The standard InChI is InChI=1S/C23H36O8/c1-13(2)7-5-6-8-14(24)12-23(3)22(27)21-20(31-23)18(26)19-16(30-21)10-9-15(29-19)11-17(25)28-4/h15-16,18-22,26-27H,1,5-12H2,2-4H3/t15?,16?,18?,19?,20?,21?,22?,23-/m1/s1. The van der Waals surface area contributed by atoms with Crippen LogP contribution in [0.25, 0.3) is 0 Å². The lowest BCUT2D eigenvalue weighted by atomic mass is 9.85. The second-order valence-electron chi connectivity index (χ2n) is 9.43. The Bertz CT molecular complexity index is 678. The van der Waals surface area contributed by atoms with Crippen molar-refractivity contribution < 1.29 is 38.7 Å². The topological polar surface area (TPSA) is 112 Å². The summed E-state index contributed by atoms with van der Waals surface area (Å²) in [6.45, 7) is 7.54. The number of hydrogen-bond donors (Lipinski definition) is 2. The number of methoxy groups -OCH3 is 1. The summed E-state index contributed by atoms with van der Waals surface area (Å²) in [5, 5.41) is 21.9. The van der Waals surface area contributed by atoms with Crippen molar-refractivity contribution in [3.05, 3.63) is 12.2 Å². The van der Waals surface area contributed by atoms with Gasteiger partial charge in [-0.05, 0) is 46.0 Å². The van der Waals surface area contributed by atoms with E-state index in [1.807, 2.05) is 6.92 Å². The number of esters is 1. The Balaban J connectivity index is 1.59. The molecule has 2 N–H and O–H groups in total. The molecule has 8 nitrogen and oxygen atoms in total. The number of aliphatic hydroxyl groups excluding tert-OH is 2. The zero-order valence-electron chi connectivity index (χ0n) is 18.7. The van der Waals surface area contributed by atoms with E-state index in [9.17, 15) is 19.8 Å². The number of unbranched alkanes of at least 4 members (excludes halogenated alkanes) is 1. The van der Waals surface area contributed by atoms with E-state index in [0.717, 1.165) is 24.8 Å². The van der Waals surface area contributed by atoms with Crippen LogP contribution in [0.1, 0.15) is 65.2 Å². The fraction of sp³-hybridized carbons (Fsp3) is 0.826. The molecule has 0 bridgehead atoms. The Morgan fingerprint density at radius 2 is 1.81 bits per heavy atom. The summed E-state index contributed by atoms with van der Waals surface area (Å²) in [4.78, 5) is 24.1. The molecule has 3 rings (SSSR count). The van der Waals surface area contributed by atoms with Gasteiger partial charge < -0.3 is 29.2 Å². The molecule has 0 aromatic heterocycles. The highest BCUT2D eigenvalue weighted by atomic mass is 16.6. The number of Topliss-reactive ketones (excluding diaryl/α,β-unsaturated/α-hetero) is 1. The van der Waals surface area contributed by atoms with Gasteiger partial charge in [-0.3, -0.25) is 9.59 Å². The zero-order chi connectivity index (χ0) is 22.8. The predicted molar refractivity (Wildman–Crippen MR) is 111 cm³/mol. The first-order chi connectivity index (χ1) is 14.6. The predicted octanol–water partition coefficient (Wildman–Crippen LogP) is 1.84. The fourth-order valence-corrected chi connectivity index (χ4v) is 4.91. The summed E-state index contributed by atoms with van der Waals surface area (Å²) in [6.07, 6.45) is -0.635. The van der Waals surface area contributed by atoms with Crippen LogP contribution in [0, 0.1) is 0 Å². The normalized spacial score (nSPS) is 39.5. The molecule has 0 aromatic rings. The molecule has 0 aliphatic carbocycles. The Labute approximate surface area is 183 Å². The monoisotopic (exact) mass is 440 g/mol. The van der Waals surface area contributed by atoms with E-state index < -0.39 is 42.2 Å². The number of ether oxygens (including phenoxy) is 4. The molecule has 3 heterocycles. The number of carbonyl (C=O) groups is 2. The molecule has 0 saturated carbocycles. The minimum absolute atomic E-state index is 0.0169. The minimum atomic E-state index is -1.12. The van der Waals surface area contributed by atoms with Crippen LogP contribution in [-0.2, 0) is 28.5 Å². The van der Waals surface area contributed by atoms with Crippen molar-refractivity contribution in [1.29, 1.82) is 0 Å². The van der Waals surface area contributed by atoms with Crippen LogP contribution in [0.3, 0.4) is 0 Å². The smallest absolute Gasteiger partial charge is 0.308 e. The molecule has 0 amide bonds. The zero-order valence-corrected chi connectivity index (χ0v) is 18.7. The lowest BCUT2D eigenvalue weighted by Gasteiger charge is -2.46. The molecule has 8 heteroatoms. The van der Waals surface area contributed by atoms with Gasteiger partial charge in [0.2, 0.25) is 0 Å². The van der Waals surface area contributed by atoms with E-state index in [1.165, 1.54) is 7.11 Å². The van der Waals surface area contributed by atoms with E-state index in [1.54, 1.807) is 6.92 Å². The van der Waals surface area contributed by atoms with Gasteiger partial charge in [0.15, 0.2) is 0 Å². The highest BCUT2D eigenvalue weighted by molar-refractivity contribution is 5.79. The Morgan fingerprint density at radius 1 is 1.10 bits per heavy atom. The van der Waals surface area contributed by atoms with E-state index >= 15 is 0 Å². The number of carbonyl (C=O) groups excluding carboxylic acids is 2. The first-order valence-electron chi connectivity index (χ1n) is 11.2. The average Bonchev–Trinajstić information content (AvgIpc) is 2.96. The summed E-state index contributed by atoms with van der Waals surface area (Å²) in [5.41, 5.74) is -0.0256. The van der Waals surface area contributed by atoms with E-state index in [4.69, 9.17) is 18.9 Å². The molecule has 7 unspecified atom stereocenters. The van der Waals surface area contributed by atoms with Crippen molar-refractivity contribution in [2.75, 3.05) is 7.11 Å². The van der Waals surface area contributed by atoms with Gasteiger partial charge in [-0.15, -0.1) is 6.58 Å². The third-order valence-corrected chi connectivity index (χ3v) is 6.64. The molecule has 3 aliphatic rings. The maximum absolute atomic E-state index is 12.5. The van der Waals surface area contributed by atoms with Crippen LogP contribution in [-0.4, -0.2) is 77.4 Å². The molecule has 8 atom stereocenters. The minimum Gasteiger partial charge on any atom is -0.469 e. The van der Waals surface area contributed by atoms with Crippen molar-refractivity contribution in [1.82, 2.24) is 0 Å². The van der Waals surface area contributed by atoms with Gasteiger partial charge in [0.1, 0.15) is 41.9 Å². The van der Waals surface area contributed by atoms with Crippen molar-refractivity contribution in [2.45, 2.75) is 114 Å². The molecule has 0 radical (unpaired) electrons. The van der Waals surface area contributed by atoms with Gasteiger partial charge in [-0.25, -0.2) is 0 Å². The quantitative estimate of drug-likeness (QED) is 0.317. The van der Waals surface area contributed by atoms with Crippen molar-refractivity contribution in [2.24, 2.45) is 0 Å². The summed E-state index contributed by atoms with van der Waals surface area (Å²) in [6, 6.07) is 0. The summed E-state index contributed by atoms with van der Waals surface area (Å²) < 4.78 is 22.8. The maximum Gasteiger partial charge on any atom is 0.308 e. The molecule has 0 spiro atoms. The van der Waals surface area contributed by atoms with Crippen LogP contribution in [0.2, 0.25) is 0 Å². The molecule has 3 fully saturated rings. The van der Waals surface area contributed by atoms with Gasteiger partial charge in [0.25, 0.3) is 0 Å². The van der Waals surface area contributed by atoms with Gasteiger partial charge in [-0.2, -0.15) is 0 Å². The van der Waals surface area contributed by atoms with E-state index in [0.29, 0.717) is 19.3 Å². The number of hydrogen-bond acceptors (Lipinski definition) is 8. The van der Waals surface area contributed by atoms with Crippen molar-refractivity contribution >= 4 is 11.8 Å². The van der Waals surface area contributed by atoms with Crippen LogP contribution < -0.4 is 0 Å². The molecular formula is C23H36O8. The van der Waals surface area contributed by atoms with E-state index in [-0.39, 0.29) is 30.7 Å². The van der Waals surface area contributed by atoms with Crippen LogP contribution in [0.15, 0.2) is 12.2 Å². The third-order valence-electron chi connectivity index (χ3n) is 6.64. The fourth-order valence-electron chi connectivity index (χ4n) is 4.91. The number of fused-ring (bicyclic) bond motifs is 2. The maximum atomic E-state index is 12.5. The lowest BCUT2D eigenvalue weighted by Crippen LogP contribution is -2.61. The Kier molecular flexibility index (Phi) is 7.91. The molecular weight excluding hydrogens is 404 g/mol. The van der Waals surface area contributed by atoms with Gasteiger partial charge in [0.05, 0.1) is 25.7 Å². The number of ketones is 1. The highest BCUT2D eigenvalue weighted by Gasteiger charge is 2.61. The third kappa shape index (κ3) is 5.54. The van der Waals surface area contributed by atoms with Crippen molar-refractivity contribution in [3.63, 3.8) is 0 Å². The van der Waals surface area contributed by atoms with Crippen LogP contribution >= 0.6 is 0 Å². The van der Waals surface area contributed by atoms with Crippen LogP contribution in [0.5, 0.6) is 0 Å². The van der Waals surface area contributed by atoms with Gasteiger partial charge in [0, 0.05) is 12.8 Å². The highest BCUT2D eigenvalue weighted by Crippen LogP contribution is 2.44. The molecule has 3 saturated heterocycles. The van der Waals surface area contributed by atoms with E-state index in [2.05, 4.69) is 6.58 Å². The molecule has 31 heavy (non-hydrogen) atoms. The second kappa shape index (κ2) is 10.1. The lowest BCUT2D eigenvalue weighted by molar-refractivity contribution is -0.260. The van der Waals surface area contributed by atoms with Gasteiger partial charge >= 0.3 is 5.97 Å². The Hall–Kier alpha value is -1.32. The summed E-state index contributed by atoms with van der Waals surface area (Å²) >= 11 is 0. The van der Waals surface area contributed by atoms with Gasteiger partial charge in [-0.1, -0.05) is 5.57 Å². The number of aliphatic hydroxyl groups is 2. The van der Waals surface area contributed by atoms with Crippen molar-refractivity contribution in [3.8, 4) is 0 Å². The second-order valence-corrected chi connectivity index (χ2v) is 9.43. The van der Waals surface area contributed by atoms with Crippen LogP contribution in [0.4, 0.5) is 0 Å². The Morgan fingerprint density at radius 3 is 2.48 bits per heavy atom. The summed E-state index contributed by atoms with van der Waals surface area (Å²) in [7, 11) is 1.33. The molecule has 3 aliphatic heterocycles. The molecule has 176 valence electrons. The first-order valence-corrected chi connectivity index (χ1v) is 11.2. The molecule has 0 aromatic carbocycles. The first kappa shape index (κ1) is 24.3. The largest absolute Gasteiger partial charge is 0.469 e.